The van der Waals surface area contributed by atoms with E-state index in [0.29, 0.717) is 37.9 Å². The topological polar surface area (TPSA) is 91.4 Å². The summed E-state index contributed by atoms with van der Waals surface area (Å²) in [5.74, 6) is -0.269. The van der Waals surface area contributed by atoms with E-state index in [2.05, 4.69) is 27.8 Å². The maximum absolute atomic E-state index is 12.9. The van der Waals surface area contributed by atoms with Crippen LogP contribution in [0.3, 0.4) is 0 Å². The Kier molecular flexibility index (Phi) is 6.02. The number of rotatable bonds is 6. The summed E-state index contributed by atoms with van der Waals surface area (Å²) >= 11 is 0. The van der Waals surface area contributed by atoms with Gasteiger partial charge in [0.05, 0.1) is 5.56 Å². The number of carbonyl (C=O) groups is 3. The van der Waals surface area contributed by atoms with Gasteiger partial charge >= 0.3 is 6.03 Å². The minimum atomic E-state index is -0.898. The summed E-state index contributed by atoms with van der Waals surface area (Å²) in [6, 6.07) is 13.3. The van der Waals surface area contributed by atoms with Crippen molar-refractivity contribution in [1.82, 2.24) is 20.5 Å². The molecule has 2 N–H and O–H groups in total. The lowest BCUT2D eigenvalue weighted by Gasteiger charge is -2.40. The zero-order valence-corrected chi connectivity index (χ0v) is 17.8. The molecular weight excluding hydrogens is 392 g/mol. The third-order valence-electron chi connectivity index (χ3n) is 6.56. The summed E-state index contributed by atoms with van der Waals surface area (Å²) in [4.78, 5) is 43.8. The van der Waals surface area contributed by atoms with Crippen LogP contribution in [0.2, 0.25) is 0 Å². The molecule has 0 radical (unpaired) electrons. The molecule has 1 aromatic heterocycles. The molecule has 2 aliphatic heterocycles. The Morgan fingerprint density at radius 2 is 1.87 bits per heavy atom. The number of nitrogens with one attached hydrogen (secondary N) is 2. The third-order valence-corrected chi connectivity index (χ3v) is 6.56. The van der Waals surface area contributed by atoms with Crippen molar-refractivity contribution in [1.29, 1.82) is 0 Å². The lowest BCUT2D eigenvalue weighted by molar-refractivity contribution is -0.127. The van der Waals surface area contributed by atoms with Crippen molar-refractivity contribution in [2.24, 2.45) is 5.92 Å². The second-order valence-corrected chi connectivity index (χ2v) is 8.42. The summed E-state index contributed by atoms with van der Waals surface area (Å²) in [7, 11) is 0. The maximum atomic E-state index is 12.9. The Balaban J connectivity index is 1.43. The number of amides is 4. The molecule has 1 atom stereocenters. The van der Waals surface area contributed by atoms with Gasteiger partial charge < -0.3 is 10.2 Å². The van der Waals surface area contributed by atoms with E-state index in [9.17, 15) is 14.4 Å². The molecule has 3 heterocycles. The zero-order chi connectivity index (χ0) is 21.8. The quantitative estimate of drug-likeness (QED) is 0.703. The normalized spacial score (nSPS) is 21.6. The number of benzene rings is 1. The van der Waals surface area contributed by atoms with E-state index in [-0.39, 0.29) is 17.7 Å². The van der Waals surface area contributed by atoms with E-state index in [1.54, 1.807) is 18.3 Å². The van der Waals surface area contributed by atoms with Crippen LogP contribution in [0.25, 0.3) is 0 Å². The average molecular weight is 421 g/mol. The van der Waals surface area contributed by atoms with Crippen LogP contribution in [0.5, 0.6) is 0 Å². The highest BCUT2D eigenvalue weighted by atomic mass is 16.2. The van der Waals surface area contributed by atoms with Gasteiger partial charge in [0.2, 0.25) is 0 Å². The van der Waals surface area contributed by atoms with Gasteiger partial charge in [-0.15, -0.1) is 0 Å². The number of imide groups is 1. The molecule has 1 unspecified atom stereocenters. The number of nitrogens with zero attached hydrogens (tertiary/aromatic N) is 2. The van der Waals surface area contributed by atoms with Gasteiger partial charge in [-0.25, -0.2) is 4.79 Å². The molecule has 7 nitrogen and oxygen atoms in total. The fourth-order valence-corrected chi connectivity index (χ4v) is 4.84. The highest BCUT2D eigenvalue weighted by Gasteiger charge is 2.51. The fourth-order valence-electron chi connectivity index (χ4n) is 4.84. The number of hydrogen-bond acceptors (Lipinski definition) is 4. The molecule has 2 fully saturated rings. The van der Waals surface area contributed by atoms with E-state index >= 15 is 0 Å². The van der Waals surface area contributed by atoms with E-state index in [1.165, 1.54) is 5.56 Å². The van der Waals surface area contributed by atoms with Gasteiger partial charge in [-0.05, 0) is 62.6 Å². The second-order valence-electron chi connectivity index (χ2n) is 8.42. The van der Waals surface area contributed by atoms with Gasteiger partial charge in [0, 0.05) is 25.0 Å². The third kappa shape index (κ3) is 4.31. The van der Waals surface area contributed by atoms with Crippen LogP contribution in [-0.2, 0) is 11.2 Å². The molecule has 2 saturated heterocycles. The smallest absolute Gasteiger partial charge is 0.322 e. The molecule has 31 heavy (non-hydrogen) atoms. The minimum absolute atomic E-state index is 0.00577. The summed E-state index contributed by atoms with van der Waals surface area (Å²) in [6.45, 7) is 2.95. The Morgan fingerprint density at radius 1 is 1.13 bits per heavy atom. The van der Waals surface area contributed by atoms with E-state index in [0.717, 1.165) is 18.5 Å². The first-order chi connectivity index (χ1) is 15.0. The number of carbonyl (C=O) groups excluding carboxylic acids is 3. The van der Waals surface area contributed by atoms with Crippen LogP contribution >= 0.6 is 0 Å². The Bertz CT molecular complexity index is 970. The number of aryl methyl sites for hydroxylation is 2. The Hall–Kier alpha value is -3.22. The molecule has 0 aliphatic carbocycles. The molecule has 0 spiro atoms. The summed E-state index contributed by atoms with van der Waals surface area (Å²) in [6.07, 6.45) is 5.25. The molecule has 4 rings (SSSR count). The molecule has 7 heteroatoms. The molecular formula is C24H28N4O3. The number of urea groups is 1. The number of hydrogen-bond donors (Lipinski definition) is 2. The van der Waals surface area contributed by atoms with Gasteiger partial charge in [0.1, 0.15) is 5.54 Å². The minimum Gasteiger partial charge on any atom is -0.339 e. The van der Waals surface area contributed by atoms with Crippen molar-refractivity contribution in [3.05, 3.63) is 65.5 Å². The van der Waals surface area contributed by atoms with E-state index in [4.69, 9.17) is 0 Å². The van der Waals surface area contributed by atoms with Crippen LogP contribution < -0.4 is 10.6 Å². The van der Waals surface area contributed by atoms with Gasteiger partial charge in [-0.1, -0.05) is 30.3 Å². The van der Waals surface area contributed by atoms with Crippen molar-refractivity contribution in [3.63, 3.8) is 0 Å². The predicted octanol–water partition coefficient (Wildman–Crippen LogP) is 2.84. The monoisotopic (exact) mass is 420 g/mol. The van der Waals surface area contributed by atoms with Gasteiger partial charge in [-0.3, -0.25) is 19.9 Å². The van der Waals surface area contributed by atoms with Crippen molar-refractivity contribution in [2.75, 3.05) is 13.1 Å². The van der Waals surface area contributed by atoms with Gasteiger partial charge in [0.15, 0.2) is 0 Å². The lowest BCUT2D eigenvalue weighted by Crippen LogP contribution is -2.56. The first kappa shape index (κ1) is 21.0. The first-order valence-corrected chi connectivity index (χ1v) is 10.9. The van der Waals surface area contributed by atoms with Gasteiger partial charge in [0.25, 0.3) is 11.8 Å². The van der Waals surface area contributed by atoms with Crippen molar-refractivity contribution >= 4 is 17.8 Å². The van der Waals surface area contributed by atoms with E-state index in [1.807, 2.05) is 30.0 Å². The largest absolute Gasteiger partial charge is 0.339 e. The molecule has 4 amide bonds. The second kappa shape index (κ2) is 8.88. The predicted molar refractivity (Wildman–Crippen MR) is 116 cm³/mol. The molecule has 0 bridgehead atoms. The Morgan fingerprint density at radius 3 is 2.52 bits per heavy atom. The number of pyridine rings is 1. The van der Waals surface area contributed by atoms with Crippen LogP contribution in [0.4, 0.5) is 4.79 Å². The van der Waals surface area contributed by atoms with Crippen LogP contribution in [0.1, 0.15) is 47.3 Å². The van der Waals surface area contributed by atoms with Crippen molar-refractivity contribution in [2.45, 2.75) is 44.6 Å². The molecule has 2 aromatic rings. The maximum Gasteiger partial charge on any atom is 0.322 e. The standard InChI is InChI=1S/C24H28N4O3/c1-17-20(10-6-14-25-17)21(29)28-15-11-19(12-16-28)24(22(30)26-23(31)27-24)13-5-9-18-7-3-2-4-8-18/h2-4,6-8,10,14,19H,5,9,11-13,15-16H2,1H3,(H2,26,27,30,31). The summed E-state index contributed by atoms with van der Waals surface area (Å²) in [5, 5.41) is 5.39. The summed E-state index contributed by atoms with van der Waals surface area (Å²) < 4.78 is 0. The fraction of sp³-hybridized carbons (Fsp3) is 0.417. The SMILES string of the molecule is Cc1ncccc1C(=O)N1CCC(C2(CCCc3ccccc3)NC(=O)NC2=O)CC1. The summed E-state index contributed by atoms with van der Waals surface area (Å²) in [5.41, 5.74) is 1.65. The number of piperidine rings is 1. The lowest BCUT2D eigenvalue weighted by atomic mass is 9.74. The molecule has 162 valence electrons. The van der Waals surface area contributed by atoms with Gasteiger partial charge in [-0.2, -0.15) is 0 Å². The molecule has 2 aliphatic rings. The number of aromatic nitrogens is 1. The average Bonchev–Trinajstić information content (AvgIpc) is 3.08. The Labute approximate surface area is 182 Å². The molecule has 1 aromatic carbocycles. The molecule has 0 saturated carbocycles. The number of likely N-dealkylation sites (tertiary alicyclic amines) is 1. The first-order valence-electron chi connectivity index (χ1n) is 10.9. The van der Waals surface area contributed by atoms with Crippen LogP contribution in [0, 0.1) is 12.8 Å². The highest BCUT2D eigenvalue weighted by Crippen LogP contribution is 2.35. The van der Waals surface area contributed by atoms with Crippen molar-refractivity contribution < 1.29 is 14.4 Å². The highest BCUT2D eigenvalue weighted by molar-refractivity contribution is 6.07. The van der Waals surface area contributed by atoms with E-state index < -0.39 is 11.6 Å². The van der Waals surface area contributed by atoms with Crippen molar-refractivity contribution in [3.8, 4) is 0 Å². The van der Waals surface area contributed by atoms with Crippen LogP contribution in [0.15, 0.2) is 48.7 Å². The van der Waals surface area contributed by atoms with Crippen LogP contribution in [-0.4, -0.2) is 46.4 Å². The zero-order valence-electron chi connectivity index (χ0n) is 17.8.